The van der Waals surface area contributed by atoms with Gasteiger partial charge in [-0.25, -0.2) is 19.4 Å². The van der Waals surface area contributed by atoms with Crippen LogP contribution in [0.2, 0.25) is 0 Å². The van der Waals surface area contributed by atoms with E-state index in [-0.39, 0.29) is 11.2 Å². The van der Waals surface area contributed by atoms with Crippen molar-refractivity contribution in [3.63, 3.8) is 0 Å². The van der Waals surface area contributed by atoms with E-state index in [1.807, 2.05) is 25.5 Å². The van der Waals surface area contributed by atoms with Crippen molar-refractivity contribution < 1.29 is 9.90 Å². The van der Waals surface area contributed by atoms with Crippen LogP contribution in [-0.4, -0.2) is 30.8 Å². The number of hydrogen-bond acceptors (Lipinski definition) is 5. The predicted octanol–water partition coefficient (Wildman–Crippen LogP) is 1.74. The molecule has 0 amide bonds. The smallest absolute Gasteiger partial charge is 0.354 e. The molecule has 0 aliphatic heterocycles. The summed E-state index contributed by atoms with van der Waals surface area (Å²) in [6, 6.07) is 4.81. The van der Waals surface area contributed by atoms with Crippen LogP contribution in [-0.2, 0) is 12.1 Å². The van der Waals surface area contributed by atoms with Crippen molar-refractivity contribution in [2.75, 3.05) is 5.32 Å². The van der Waals surface area contributed by atoms with Gasteiger partial charge in [0, 0.05) is 0 Å². The largest absolute Gasteiger partial charge is 0.477 e. The molecule has 2 aromatic rings. The van der Waals surface area contributed by atoms with E-state index in [2.05, 4.69) is 20.4 Å². The minimum absolute atomic E-state index is 0.00675. The molecule has 2 N–H and O–H groups in total. The number of carboxylic acid groups (broad SMARTS) is 1. The van der Waals surface area contributed by atoms with Crippen molar-refractivity contribution in [2.24, 2.45) is 0 Å². The fourth-order valence-corrected chi connectivity index (χ4v) is 1.77. The number of hydrogen-bond donors (Lipinski definition) is 2. The number of carboxylic acids is 1. The van der Waals surface area contributed by atoms with Crippen LogP contribution >= 0.6 is 0 Å². The molecular weight excluding hydrogens is 258 g/mol. The van der Waals surface area contributed by atoms with Gasteiger partial charge in [-0.1, -0.05) is 6.07 Å². The molecule has 0 saturated carbocycles. The number of rotatable bonds is 4. The van der Waals surface area contributed by atoms with Gasteiger partial charge in [-0.2, -0.15) is 5.10 Å². The molecule has 2 heterocycles. The maximum Gasteiger partial charge on any atom is 0.354 e. The molecule has 0 radical (unpaired) electrons. The molecule has 2 rings (SSSR count). The zero-order valence-electron chi connectivity index (χ0n) is 11.7. The predicted molar refractivity (Wildman–Crippen MR) is 73.5 cm³/mol. The quantitative estimate of drug-likeness (QED) is 0.882. The van der Waals surface area contributed by atoms with Gasteiger partial charge in [0.05, 0.1) is 12.1 Å². The summed E-state index contributed by atoms with van der Waals surface area (Å²) in [5.74, 6) is 0.208. The summed E-state index contributed by atoms with van der Waals surface area (Å²) in [4.78, 5) is 19.1. The molecule has 0 fully saturated rings. The Morgan fingerprint density at radius 1 is 1.40 bits per heavy atom. The van der Waals surface area contributed by atoms with Crippen LogP contribution < -0.4 is 5.32 Å². The Hall–Kier alpha value is -2.44. The standard InChI is InChI=1S/C13H17N5O2/c1-13(2,3)18-11(15-8-16-18)7-14-10-6-4-5-9(17-10)12(19)20/h4-6,8H,7H2,1-3H3,(H,14,17)(H,19,20). The van der Waals surface area contributed by atoms with Crippen molar-refractivity contribution in [3.05, 3.63) is 36.0 Å². The third-order valence-electron chi connectivity index (χ3n) is 2.65. The highest BCUT2D eigenvalue weighted by Gasteiger charge is 2.18. The minimum atomic E-state index is -1.05. The lowest BCUT2D eigenvalue weighted by Gasteiger charge is -2.21. The molecule has 2 aromatic heterocycles. The first-order chi connectivity index (χ1) is 9.38. The second-order valence-electron chi connectivity index (χ2n) is 5.33. The van der Waals surface area contributed by atoms with Gasteiger partial charge < -0.3 is 10.4 Å². The summed E-state index contributed by atoms with van der Waals surface area (Å²) in [6.07, 6.45) is 1.50. The summed E-state index contributed by atoms with van der Waals surface area (Å²) < 4.78 is 1.82. The van der Waals surface area contributed by atoms with Crippen LogP contribution in [0.5, 0.6) is 0 Å². The van der Waals surface area contributed by atoms with Crippen molar-refractivity contribution in [3.8, 4) is 0 Å². The maximum atomic E-state index is 10.9. The molecule has 0 atom stereocenters. The first kappa shape index (κ1) is 14.0. The lowest BCUT2D eigenvalue weighted by atomic mass is 10.1. The molecule has 7 nitrogen and oxygen atoms in total. The Labute approximate surface area is 116 Å². The average molecular weight is 275 g/mol. The summed E-state index contributed by atoms with van der Waals surface area (Å²) >= 11 is 0. The zero-order chi connectivity index (χ0) is 14.8. The minimum Gasteiger partial charge on any atom is -0.477 e. The molecule has 0 spiro atoms. The molecule has 7 heteroatoms. The Kier molecular flexibility index (Phi) is 3.69. The highest BCUT2D eigenvalue weighted by atomic mass is 16.4. The lowest BCUT2D eigenvalue weighted by Crippen LogP contribution is -2.26. The maximum absolute atomic E-state index is 10.9. The number of nitrogens with one attached hydrogen (secondary N) is 1. The average Bonchev–Trinajstić information content (AvgIpc) is 2.85. The normalized spacial score (nSPS) is 11.3. The Morgan fingerprint density at radius 2 is 2.15 bits per heavy atom. The number of pyridine rings is 1. The van der Waals surface area contributed by atoms with Crippen LogP contribution in [0.4, 0.5) is 5.82 Å². The highest BCUT2D eigenvalue weighted by molar-refractivity contribution is 5.85. The van der Waals surface area contributed by atoms with Crippen molar-refractivity contribution in [1.29, 1.82) is 0 Å². The van der Waals surface area contributed by atoms with Gasteiger partial charge in [-0.05, 0) is 32.9 Å². The van der Waals surface area contributed by atoms with Crippen molar-refractivity contribution in [1.82, 2.24) is 19.7 Å². The van der Waals surface area contributed by atoms with Gasteiger partial charge in [0.25, 0.3) is 0 Å². The molecule has 0 bridgehead atoms. The van der Waals surface area contributed by atoms with E-state index in [9.17, 15) is 4.79 Å². The SMILES string of the molecule is CC(C)(C)n1ncnc1CNc1cccc(C(=O)O)n1. The van der Waals surface area contributed by atoms with Gasteiger partial charge in [-0.15, -0.1) is 0 Å². The van der Waals surface area contributed by atoms with E-state index in [1.54, 1.807) is 12.1 Å². The van der Waals surface area contributed by atoms with E-state index in [4.69, 9.17) is 5.11 Å². The molecule has 106 valence electrons. The number of carbonyl (C=O) groups is 1. The second-order valence-corrected chi connectivity index (χ2v) is 5.33. The Balaban J connectivity index is 2.12. The summed E-state index contributed by atoms with van der Waals surface area (Å²) in [5.41, 5.74) is -0.156. The summed E-state index contributed by atoms with van der Waals surface area (Å²) in [5, 5.41) is 16.1. The first-order valence-corrected chi connectivity index (χ1v) is 6.21. The van der Waals surface area contributed by atoms with Gasteiger partial charge in [0.15, 0.2) is 5.69 Å². The van der Waals surface area contributed by atoms with Gasteiger partial charge in [0.1, 0.15) is 18.0 Å². The summed E-state index contributed by atoms with van der Waals surface area (Å²) in [7, 11) is 0. The Bertz CT molecular complexity index is 615. The van der Waals surface area contributed by atoms with Gasteiger partial charge in [-0.3, -0.25) is 0 Å². The third-order valence-corrected chi connectivity index (χ3v) is 2.65. The zero-order valence-corrected chi connectivity index (χ0v) is 11.7. The molecule has 0 unspecified atom stereocenters. The topological polar surface area (TPSA) is 92.9 Å². The van der Waals surface area contributed by atoms with Crippen molar-refractivity contribution >= 4 is 11.8 Å². The van der Waals surface area contributed by atoms with Crippen LogP contribution in [0.1, 0.15) is 37.1 Å². The number of aromatic carboxylic acids is 1. The fourth-order valence-electron chi connectivity index (χ4n) is 1.77. The number of nitrogens with zero attached hydrogens (tertiary/aromatic N) is 4. The van der Waals surface area contributed by atoms with E-state index in [0.29, 0.717) is 12.4 Å². The lowest BCUT2D eigenvalue weighted by molar-refractivity contribution is 0.0690. The molecule has 0 aromatic carbocycles. The fraction of sp³-hybridized carbons (Fsp3) is 0.385. The number of anilines is 1. The van der Waals surface area contributed by atoms with E-state index < -0.39 is 5.97 Å². The summed E-state index contributed by atoms with van der Waals surface area (Å²) in [6.45, 7) is 6.53. The van der Waals surface area contributed by atoms with Gasteiger partial charge >= 0.3 is 5.97 Å². The van der Waals surface area contributed by atoms with Crippen LogP contribution in [0.3, 0.4) is 0 Å². The van der Waals surface area contributed by atoms with Crippen LogP contribution in [0.25, 0.3) is 0 Å². The second kappa shape index (κ2) is 5.28. The van der Waals surface area contributed by atoms with E-state index in [1.165, 1.54) is 12.4 Å². The molecule has 20 heavy (non-hydrogen) atoms. The molecule has 0 aliphatic carbocycles. The Morgan fingerprint density at radius 3 is 2.80 bits per heavy atom. The van der Waals surface area contributed by atoms with Crippen LogP contribution in [0.15, 0.2) is 24.5 Å². The highest BCUT2D eigenvalue weighted by Crippen LogP contribution is 2.15. The van der Waals surface area contributed by atoms with Gasteiger partial charge in [0.2, 0.25) is 0 Å². The van der Waals surface area contributed by atoms with E-state index >= 15 is 0 Å². The van der Waals surface area contributed by atoms with Crippen LogP contribution in [0, 0.1) is 0 Å². The molecular formula is C13H17N5O2. The molecule has 0 saturated heterocycles. The molecule has 0 aliphatic rings. The monoisotopic (exact) mass is 275 g/mol. The van der Waals surface area contributed by atoms with Crippen molar-refractivity contribution in [2.45, 2.75) is 32.9 Å². The first-order valence-electron chi connectivity index (χ1n) is 6.21. The van der Waals surface area contributed by atoms with E-state index in [0.717, 1.165) is 5.82 Å². The third kappa shape index (κ3) is 3.11. The number of aromatic nitrogens is 4.